The van der Waals surface area contributed by atoms with Gasteiger partial charge < -0.3 is 4.74 Å². The molecule has 5 nitrogen and oxygen atoms in total. The van der Waals surface area contributed by atoms with Gasteiger partial charge in [-0.2, -0.15) is 8.42 Å². The number of carbonyl (C=O) groups is 1. The van der Waals surface area contributed by atoms with Gasteiger partial charge in [0.15, 0.2) is 0 Å². The standard InChI is InChI=1S/C19H26O5S/c1-15-7-9-17(10-8-15)25(21,22)24-12-4-5-16-13-19(14-23-16)11-3-2-6-18(19)20/h7-10,16H,2-6,11-14H2,1H3. The van der Waals surface area contributed by atoms with Crippen LogP contribution in [0.1, 0.15) is 50.5 Å². The minimum Gasteiger partial charge on any atom is -0.377 e. The summed E-state index contributed by atoms with van der Waals surface area (Å²) < 4.78 is 35.2. The molecule has 2 fully saturated rings. The average molecular weight is 366 g/mol. The molecule has 6 heteroatoms. The number of hydrogen-bond donors (Lipinski definition) is 0. The third-order valence-corrected chi connectivity index (χ3v) is 6.66. The second-order valence-corrected chi connectivity index (χ2v) is 8.89. The molecule has 2 unspecified atom stereocenters. The smallest absolute Gasteiger partial charge is 0.296 e. The first-order valence-corrected chi connectivity index (χ1v) is 10.4. The van der Waals surface area contributed by atoms with Crippen LogP contribution in [0.5, 0.6) is 0 Å². The van der Waals surface area contributed by atoms with Crippen LogP contribution in [-0.2, 0) is 23.8 Å². The van der Waals surface area contributed by atoms with Crippen molar-refractivity contribution in [3.05, 3.63) is 29.8 Å². The lowest BCUT2D eigenvalue weighted by molar-refractivity contribution is -0.131. The number of Topliss-reactive ketones (excluding diaryl/α,β-unsaturated/α-hetero) is 1. The predicted molar refractivity (Wildman–Crippen MR) is 93.8 cm³/mol. The number of benzene rings is 1. The minimum absolute atomic E-state index is 0.0349. The van der Waals surface area contributed by atoms with Gasteiger partial charge in [-0.25, -0.2) is 0 Å². The summed E-state index contributed by atoms with van der Waals surface area (Å²) in [5.74, 6) is 0.347. The number of ketones is 1. The fraction of sp³-hybridized carbons (Fsp3) is 0.632. The first kappa shape index (κ1) is 18.5. The van der Waals surface area contributed by atoms with Crippen molar-refractivity contribution in [3.8, 4) is 0 Å². The van der Waals surface area contributed by atoms with E-state index in [2.05, 4.69) is 0 Å². The Balaban J connectivity index is 1.44. The first-order valence-electron chi connectivity index (χ1n) is 9.02. The van der Waals surface area contributed by atoms with Gasteiger partial charge in [-0.15, -0.1) is 0 Å². The summed E-state index contributed by atoms with van der Waals surface area (Å²) in [6, 6.07) is 6.62. The molecular weight excluding hydrogens is 340 g/mol. The molecular formula is C19H26O5S. The normalized spacial score (nSPS) is 27.1. The van der Waals surface area contributed by atoms with E-state index in [9.17, 15) is 13.2 Å². The summed E-state index contributed by atoms with van der Waals surface area (Å²) in [6.45, 7) is 2.57. The fourth-order valence-electron chi connectivity index (χ4n) is 3.79. The molecule has 1 saturated carbocycles. The maximum absolute atomic E-state index is 12.2. The summed E-state index contributed by atoms with van der Waals surface area (Å²) in [7, 11) is -3.70. The zero-order valence-electron chi connectivity index (χ0n) is 14.7. The Bertz CT molecular complexity index is 710. The van der Waals surface area contributed by atoms with Gasteiger partial charge in [0.25, 0.3) is 10.1 Å². The predicted octanol–water partition coefficient (Wildman–Crippen LogP) is 3.40. The van der Waals surface area contributed by atoms with Gasteiger partial charge in [-0.3, -0.25) is 8.98 Å². The Kier molecular flexibility index (Phi) is 5.61. The summed E-state index contributed by atoms with van der Waals surface area (Å²) in [5, 5.41) is 0. The second-order valence-electron chi connectivity index (χ2n) is 7.28. The average Bonchev–Trinajstić information content (AvgIpc) is 2.99. The Morgan fingerprint density at radius 3 is 2.72 bits per heavy atom. The molecule has 1 saturated heterocycles. The fourth-order valence-corrected chi connectivity index (χ4v) is 4.73. The zero-order chi connectivity index (χ0) is 17.9. The van der Waals surface area contributed by atoms with Crippen LogP contribution in [0.4, 0.5) is 0 Å². The van der Waals surface area contributed by atoms with Crippen LogP contribution in [0.2, 0.25) is 0 Å². The van der Waals surface area contributed by atoms with Crippen molar-refractivity contribution >= 4 is 15.9 Å². The molecule has 1 aliphatic carbocycles. The molecule has 3 rings (SSSR count). The van der Waals surface area contributed by atoms with E-state index in [1.54, 1.807) is 24.3 Å². The summed E-state index contributed by atoms with van der Waals surface area (Å²) in [6.07, 6.45) is 5.83. The van der Waals surface area contributed by atoms with Crippen LogP contribution in [-0.4, -0.2) is 33.5 Å². The lowest BCUT2D eigenvalue weighted by Crippen LogP contribution is -2.34. The van der Waals surface area contributed by atoms with Crippen LogP contribution in [0.3, 0.4) is 0 Å². The van der Waals surface area contributed by atoms with Crippen LogP contribution < -0.4 is 0 Å². The molecule has 1 heterocycles. The van der Waals surface area contributed by atoms with Gasteiger partial charge in [0.2, 0.25) is 0 Å². The molecule has 1 aliphatic heterocycles. The van der Waals surface area contributed by atoms with Crippen molar-refractivity contribution in [1.29, 1.82) is 0 Å². The summed E-state index contributed by atoms with van der Waals surface area (Å²) >= 11 is 0. The van der Waals surface area contributed by atoms with Crippen molar-refractivity contribution in [2.24, 2.45) is 5.41 Å². The van der Waals surface area contributed by atoms with Crippen molar-refractivity contribution in [3.63, 3.8) is 0 Å². The topological polar surface area (TPSA) is 69.7 Å². The third kappa shape index (κ3) is 4.30. The Morgan fingerprint density at radius 2 is 2.00 bits per heavy atom. The number of hydrogen-bond acceptors (Lipinski definition) is 5. The highest BCUT2D eigenvalue weighted by Gasteiger charge is 2.46. The number of carbonyl (C=O) groups excluding carboxylic acids is 1. The van der Waals surface area contributed by atoms with Crippen molar-refractivity contribution in [1.82, 2.24) is 0 Å². The van der Waals surface area contributed by atoms with E-state index in [0.29, 0.717) is 25.2 Å². The van der Waals surface area contributed by atoms with Crippen molar-refractivity contribution in [2.75, 3.05) is 13.2 Å². The van der Waals surface area contributed by atoms with E-state index in [4.69, 9.17) is 8.92 Å². The van der Waals surface area contributed by atoms with Gasteiger partial charge in [-0.05, 0) is 51.2 Å². The lowest BCUT2D eigenvalue weighted by Gasteiger charge is -2.30. The first-order chi connectivity index (χ1) is 11.9. The Morgan fingerprint density at radius 1 is 1.24 bits per heavy atom. The van der Waals surface area contributed by atoms with Crippen molar-refractivity contribution < 1.29 is 22.1 Å². The molecule has 0 bridgehead atoms. The molecule has 138 valence electrons. The van der Waals surface area contributed by atoms with E-state index in [0.717, 1.165) is 37.7 Å². The van der Waals surface area contributed by atoms with Crippen LogP contribution in [0, 0.1) is 12.3 Å². The number of aryl methyl sites for hydroxylation is 1. The molecule has 0 aromatic heterocycles. The van der Waals surface area contributed by atoms with Crippen molar-refractivity contribution in [2.45, 2.75) is 62.9 Å². The zero-order valence-corrected chi connectivity index (χ0v) is 15.5. The largest absolute Gasteiger partial charge is 0.377 e. The molecule has 1 spiro atoms. The Labute approximate surface area is 149 Å². The van der Waals surface area contributed by atoms with E-state index < -0.39 is 10.1 Å². The molecule has 0 amide bonds. The van der Waals surface area contributed by atoms with Gasteiger partial charge in [-0.1, -0.05) is 24.1 Å². The molecule has 0 N–H and O–H groups in total. The van der Waals surface area contributed by atoms with Gasteiger partial charge >= 0.3 is 0 Å². The van der Waals surface area contributed by atoms with Gasteiger partial charge in [0, 0.05) is 6.42 Å². The molecule has 2 aliphatic rings. The van der Waals surface area contributed by atoms with E-state index in [1.165, 1.54) is 0 Å². The highest BCUT2D eigenvalue weighted by molar-refractivity contribution is 7.86. The maximum Gasteiger partial charge on any atom is 0.296 e. The monoisotopic (exact) mass is 366 g/mol. The Hall–Kier alpha value is -1.24. The van der Waals surface area contributed by atoms with Gasteiger partial charge in [0.05, 0.1) is 29.6 Å². The molecule has 1 aromatic carbocycles. The van der Waals surface area contributed by atoms with Crippen LogP contribution in [0.25, 0.3) is 0 Å². The van der Waals surface area contributed by atoms with E-state index in [1.807, 2.05) is 6.92 Å². The van der Waals surface area contributed by atoms with E-state index >= 15 is 0 Å². The number of rotatable bonds is 6. The minimum atomic E-state index is -3.70. The molecule has 0 radical (unpaired) electrons. The highest BCUT2D eigenvalue weighted by Crippen LogP contribution is 2.43. The quantitative estimate of drug-likeness (QED) is 0.570. The third-order valence-electron chi connectivity index (χ3n) is 5.33. The molecule has 2 atom stereocenters. The SMILES string of the molecule is Cc1ccc(S(=O)(=O)OCCCC2CC3(CCCCC3=O)CO2)cc1. The number of ether oxygens (including phenoxy) is 1. The molecule has 25 heavy (non-hydrogen) atoms. The summed E-state index contributed by atoms with van der Waals surface area (Å²) in [4.78, 5) is 12.4. The van der Waals surface area contributed by atoms with Crippen LogP contribution >= 0.6 is 0 Å². The van der Waals surface area contributed by atoms with Crippen LogP contribution in [0.15, 0.2) is 29.2 Å². The molecule has 1 aromatic rings. The summed E-state index contributed by atoms with van der Waals surface area (Å²) in [5.41, 5.74) is 0.737. The highest BCUT2D eigenvalue weighted by atomic mass is 32.2. The van der Waals surface area contributed by atoms with Gasteiger partial charge in [0.1, 0.15) is 5.78 Å². The van der Waals surface area contributed by atoms with E-state index in [-0.39, 0.29) is 23.0 Å². The maximum atomic E-state index is 12.2. The lowest BCUT2D eigenvalue weighted by atomic mass is 9.71. The second kappa shape index (κ2) is 7.56.